The van der Waals surface area contributed by atoms with E-state index in [9.17, 15) is 14.9 Å². The predicted molar refractivity (Wildman–Crippen MR) is 135 cm³/mol. The molecule has 0 saturated carbocycles. The number of nitro benzene ring substituents is 1. The second kappa shape index (κ2) is 8.42. The third-order valence-corrected chi connectivity index (χ3v) is 6.50. The molecule has 4 aromatic rings. The third kappa shape index (κ3) is 3.51. The van der Waals surface area contributed by atoms with Crippen molar-refractivity contribution in [2.45, 2.75) is 13.0 Å². The minimum atomic E-state index is -0.435. The second-order valence-electron chi connectivity index (χ2n) is 8.69. The molecule has 2 aromatic heterocycles. The Labute approximate surface area is 206 Å². The van der Waals surface area contributed by atoms with Crippen molar-refractivity contribution in [1.82, 2.24) is 14.8 Å². The summed E-state index contributed by atoms with van der Waals surface area (Å²) in [5.41, 5.74) is 4.77. The number of allylic oxidation sites excluding steroid dienone is 2. The molecule has 0 saturated heterocycles. The lowest BCUT2D eigenvalue weighted by Gasteiger charge is -2.33. The van der Waals surface area contributed by atoms with E-state index in [0.717, 1.165) is 27.8 Å². The van der Waals surface area contributed by atoms with Crippen LogP contribution in [0.25, 0.3) is 27.9 Å². The van der Waals surface area contributed by atoms with Crippen LogP contribution in [0.15, 0.2) is 91.2 Å². The van der Waals surface area contributed by atoms with E-state index in [1.807, 2.05) is 67.6 Å². The van der Waals surface area contributed by atoms with E-state index < -0.39 is 11.0 Å². The molecule has 8 nitrogen and oxygen atoms in total. The number of fused-ring (bicyclic) bond motifs is 2. The molecule has 0 bridgehead atoms. The van der Waals surface area contributed by atoms with Crippen LogP contribution in [-0.4, -0.2) is 31.8 Å². The first-order valence-electron chi connectivity index (χ1n) is 11.5. The van der Waals surface area contributed by atoms with Gasteiger partial charge < -0.3 is 4.74 Å². The van der Waals surface area contributed by atoms with Gasteiger partial charge in [-0.1, -0.05) is 54.6 Å². The van der Waals surface area contributed by atoms with Crippen molar-refractivity contribution in [3.63, 3.8) is 0 Å². The molecule has 36 heavy (non-hydrogen) atoms. The van der Waals surface area contributed by atoms with E-state index in [2.05, 4.69) is 5.10 Å². The summed E-state index contributed by atoms with van der Waals surface area (Å²) in [6, 6.07) is 17.8. The SMILES string of the molecule is Cc1nn(-c2cccc([N+](=O)[O-])c2)c2ncc(C3=C(c4ccccc4)C(=O)OC4C=CC=CC34)cc12. The van der Waals surface area contributed by atoms with Crippen molar-refractivity contribution in [3.8, 4) is 5.69 Å². The van der Waals surface area contributed by atoms with E-state index in [1.54, 1.807) is 23.0 Å². The number of nitrogens with zero attached hydrogens (tertiary/aromatic N) is 4. The van der Waals surface area contributed by atoms with E-state index in [4.69, 9.17) is 9.72 Å². The van der Waals surface area contributed by atoms with Gasteiger partial charge in [-0.05, 0) is 41.8 Å². The summed E-state index contributed by atoms with van der Waals surface area (Å²) in [6.45, 7) is 1.87. The molecule has 2 atom stereocenters. The quantitative estimate of drug-likeness (QED) is 0.228. The zero-order valence-electron chi connectivity index (χ0n) is 19.2. The number of esters is 1. The molecule has 2 aromatic carbocycles. The monoisotopic (exact) mass is 476 g/mol. The Morgan fingerprint density at radius 1 is 1.00 bits per heavy atom. The highest BCUT2D eigenvalue weighted by atomic mass is 16.6. The van der Waals surface area contributed by atoms with Crippen molar-refractivity contribution in [3.05, 3.63) is 118 Å². The van der Waals surface area contributed by atoms with Crippen LogP contribution in [0.2, 0.25) is 0 Å². The summed E-state index contributed by atoms with van der Waals surface area (Å²) < 4.78 is 7.39. The van der Waals surface area contributed by atoms with Gasteiger partial charge in [0.25, 0.3) is 5.69 Å². The lowest BCUT2D eigenvalue weighted by atomic mass is 9.79. The smallest absolute Gasteiger partial charge is 0.339 e. The highest BCUT2D eigenvalue weighted by Crippen LogP contribution is 2.42. The van der Waals surface area contributed by atoms with Gasteiger partial charge in [0.2, 0.25) is 0 Å². The highest BCUT2D eigenvalue weighted by molar-refractivity contribution is 6.26. The first kappa shape index (κ1) is 21.7. The first-order chi connectivity index (χ1) is 17.5. The summed E-state index contributed by atoms with van der Waals surface area (Å²) in [4.78, 5) is 28.8. The van der Waals surface area contributed by atoms with Crippen LogP contribution in [0.5, 0.6) is 0 Å². The number of benzene rings is 2. The molecule has 176 valence electrons. The summed E-state index contributed by atoms with van der Waals surface area (Å²) in [7, 11) is 0. The van der Waals surface area contributed by atoms with Crippen LogP contribution in [0.3, 0.4) is 0 Å². The third-order valence-electron chi connectivity index (χ3n) is 6.50. The van der Waals surface area contributed by atoms with E-state index >= 15 is 0 Å². The fourth-order valence-electron chi connectivity index (χ4n) is 4.84. The number of hydrogen-bond acceptors (Lipinski definition) is 6. The molecule has 3 heterocycles. The van der Waals surface area contributed by atoms with Crippen molar-refractivity contribution in [2.24, 2.45) is 5.92 Å². The Hall–Kier alpha value is -4.85. The largest absolute Gasteiger partial charge is 0.454 e. The molecule has 2 unspecified atom stereocenters. The average molecular weight is 476 g/mol. The van der Waals surface area contributed by atoms with Crippen LogP contribution in [0.4, 0.5) is 5.69 Å². The topological polar surface area (TPSA) is 100 Å². The Bertz CT molecular complexity index is 1630. The minimum Gasteiger partial charge on any atom is -0.454 e. The highest BCUT2D eigenvalue weighted by Gasteiger charge is 2.37. The number of aromatic nitrogens is 3. The van der Waals surface area contributed by atoms with Gasteiger partial charge in [0, 0.05) is 29.6 Å². The molecule has 2 aliphatic rings. The van der Waals surface area contributed by atoms with Crippen molar-refractivity contribution in [1.29, 1.82) is 0 Å². The van der Waals surface area contributed by atoms with E-state index in [1.165, 1.54) is 12.1 Å². The molecule has 6 rings (SSSR count). The zero-order chi connectivity index (χ0) is 24.8. The maximum atomic E-state index is 13.2. The molecule has 0 radical (unpaired) electrons. The molecule has 0 amide bonds. The van der Waals surface area contributed by atoms with Crippen LogP contribution in [0.1, 0.15) is 16.8 Å². The molecule has 0 spiro atoms. The lowest BCUT2D eigenvalue weighted by Crippen LogP contribution is -2.32. The van der Waals surface area contributed by atoms with E-state index in [-0.39, 0.29) is 17.6 Å². The minimum absolute atomic E-state index is 0.0213. The first-order valence-corrected chi connectivity index (χ1v) is 11.5. The normalized spacial score (nSPS) is 18.9. The number of carbonyl (C=O) groups is 1. The summed E-state index contributed by atoms with van der Waals surface area (Å²) in [5.74, 6) is -0.532. The Kier molecular flexibility index (Phi) is 5.07. The molecule has 8 heteroatoms. The molecule has 0 fully saturated rings. The average Bonchev–Trinajstić information content (AvgIpc) is 3.24. The summed E-state index contributed by atoms with van der Waals surface area (Å²) >= 11 is 0. The molecular weight excluding hydrogens is 456 g/mol. The molecular formula is C28H20N4O4. The number of carbonyl (C=O) groups excluding carboxylic acids is 1. The molecule has 1 aliphatic heterocycles. The zero-order valence-corrected chi connectivity index (χ0v) is 19.2. The second-order valence-corrected chi connectivity index (χ2v) is 8.69. The number of non-ortho nitro benzene ring substituents is 1. The summed E-state index contributed by atoms with van der Waals surface area (Å²) in [5, 5.41) is 16.7. The number of hydrogen-bond donors (Lipinski definition) is 0. The van der Waals surface area contributed by atoms with Gasteiger partial charge in [-0.25, -0.2) is 14.5 Å². The number of nitro groups is 1. The van der Waals surface area contributed by atoms with Gasteiger partial charge >= 0.3 is 5.97 Å². The van der Waals surface area contributed by atoms with Gasteiger partial charge in [-0.15, -0.1) is 0 Å². The predicted octanol–water partition coefficient (Wildman–Crippen LogP) is 5.22. The van der Waals surface area contributed by atoms with Crippen LogP contribution in [-0.2, 0) is 9.53 Å². The fourth-order valence-corrected chi connectivity index (χ4v) is 4.84. The van der Waals surface area contributed by atoms with Gasteiger partial charge in [-0.2, -0.15) is 5.10 Å². The fraction of sp³-hybridized carbons (Fsp3) is 0.107. The van der Waals surface area contributed by atoms with Gasteiger partial charge in [0.15, 0.2) is 5.65 Å². The maximum absolute atomic E-state index is 13.2. The van der Waals surface area contributed by atoms with Crippen LogP contribution < -0.4 is 0 Å². The van der Waals surface area contributed by atoms with Gasteiger partial charge in [-0.3, -0.25) is 10.1 Å². The van der Waals surface area contributed by atoms with Crippen molar-refractivity contribution in [2.75, 3.05) is 0 Å². The van der Waals surface area contributed by atoms with Crippen LogP contribution in [0, 0.1) is 23.0 Å². The standard InChI is InChI=1S/C28H20N4O4/c1-17-23-14-19(16-29-27(23)31(30-17)20-10-7-11-21(15-20)32(34)35)25-22-12-5-6-13-24(22)36-28(33)26(25)18-8-3-2-4-9-18/h2-16,22,24H,1H3. The Balaban J connectivity index is 1.55. The van der Waals surface area contributed by atoms with Crippen molar-refractivity contribution >= 4 is 33.8 Å². The number of ether oxygens (including phenoxy) is 1. The Morgan fingerprint density at radius 3 is 2.61 bits per heavy atom. The van der Waals surface area contributed by atoms with Crippen molar-refractivity contribution < 1.29 is 14.5 Å². The van der Waals surface area contributed by atoms with E-state index in [0.29, 0.717) is 16.9 Å². The lowest BCUT2D eigenvalue weighted by molar-refractivity contribution is -0.384. The number of aryl methyl sites for hydroxylation is 1. The number of pyridine rings is 1. The van der Waals surface area contributed by atoms with Crippen LogP contribution >= 0.6 is 0 Å². The van der Waals surface area contributed by atoms with Gasteiger partial charge in [0.05, 0.1) is 21.9 Å². The summed E-state index contributed by atoms with van der Waals surface area (Å²) in [6.07, 6.45) is 9.11. The number of rotatable bonds is 4. The molecule has 1 aliphatic carbocycles. The maximum Gasteiger partial charge on any atom is 0.339 e. The molecule has 0 N–H and O–H groups in total. The Morgan fingerprint density at radius 2 is 1.81 bits per heavy atom. The van der Waals surface area contributed by atoms with Gasteiger partial charge in [0.1, 0.15) is 6.10 Å².